The summed E-state index contributed by atoms with van der Waals surface area (Å²) in [6.45, 7) is 7.59. The molecule has 4 nitrogen and oxygen atoms in total. The molecule has 2 unspecified atom stereocenters. The standard InChI is InChI=1S/C9H20N2O2/c1-6(13-9(2,3)4)7(10)8(12)11-5/h6-7H,10H2,1-5H3,(H,11,12). The Morgan fingerprint density at radius 1 is 1.46 bits per heavy atom. The Morgan fingerprint density at radius 3 is 2.23 bits per heavy atom. The van der Waals surface area contributed by atoms with Gasteiger partial charge in [0.2, 0.25) is 5.91 Å². The molecular formula is C9H20N2O2. The number of rotatable bonds is 3. The number of ether oxygens (including phenoxy) is 1. The fourth-order valence-electron chi connectivity index (χ4n) is 1.01. The number of amides is 1. The van der Waals surface area contributed by atoms with Crippen LogP contribution in [0.4, 0.5) is 0 Å². The van der Waals surface area contributed by atoms with E-state index in [0.717, 1.165) is 0 Å². The molecule has 0 aromatic carbocycles. The molecule has 0 aliphatic heterocycles. The van der Waals surface area contributed by atoms with Gasteiger partial charge in [-0.25, -0.2) is 0 Å². The van der Waals surface area contributed by atoms with Gasteiger partial charge in [0.15, 0.2) is 0 Å². The first kappa shape index (κ1) is 12.4. The Morgan fingerprint density at radius 2 is 1.92 bits per heavy atom. The first-order chi connectivity index (χ1) is 5.78. The van der Waals surface area contributed by atoms with Crippen LogP contribution < -0.4 is 11.1 Å². The third-order valence-electron chi connectivity index (χ3n) is 1.59. The van der Waals surface area contributed by atoms with Crippen molar-refractivity contribution in [3.63, 3.8) is 0 Å². The normalized spacial score (nSPS) is 16.5. The van der Waals surface area contributed by atoms with Crippen molar-refractivity contribution >= 4 is 5.91 Å². The van der Waals surface area contributed by atoms with Gasteiger partial charge in [0, 0.05) is 7.05 Å². The lowest BCUT2D eigenvalue weighted by Gasteiger charge is -2.27. The number of likely N-dealkylation sites (N-methyl/N-ethyl adjacent to an activating group) is 1. The molecule has 78 valence electrons. The van der Waals surface area contributed by atoms with E-state index in [2.05, 4.69) is 5.32 Å². The predicted molar refractivity (Wildman–Crippen MR) is 52.3 cm³/mol. The van der Waals surface area contributed by atoms with E-state index in [1.54, 1.807) is 14.0 Å². The summed E-state index contributed by atoms with van der Waals surface area (Å²) >= 11 is 0. The van der Waals surface area contributed by atoms with Gasteiger partial charge in [-0.3, -0.25) is 4.79 Å². The average molecular weight is 188 g/mol. The summed E-state index contributed by atoms with van der Waals surface area (Å²) in [6, 6.07) is -0.607. The second-order valence-electron chi connectivity index (χ2n) is 4.08. The van der Waals surface area contributed by atoms with Gasteiger partial charge in [0.1, 0.15) is 6.04 Å². The molecular weight excluding hydrogens is 168 g/mol. The number of carbonyl (C=O) groups is 1. The molecule has 3 N–H and O–H groups in total. The molecule has 0 aromatic heterocycles. The number of carbonyl (C=O) groups excluding carboxylic acids is 1. The van der Waals surface area contributed by atoms with Crippen molar-refractivity contribution in [1.82, 2.24) is 5.32 Å². The van der Waals surface area contributed by atoms with Crippen LogP contribution in [0.1, 0.15) is 27.7 Å². The van der Waals surface area contributed by atoms with Crippen molar-refractivity contribution in [3.05, 3.63) is 0 Å². The summed E-state index contributed by atoms with van der Waals surface area (Å²) in [5.74, 6) is -0.197. The highest BCUT2D eigenvalue weighted by Crippen LogP contribution is 2.12. The Bertz CT molecular complexity index is 175. The molecule has 0 fully saturated rings. The van der Waals surface area contributed by atoms with E-state index in [1.807, 2.05) is 20.8 Å². The summed E-state index contributed by atoms with van der Waals surface area (Å²) in [5.41, 5.74) is 5.37. The fourth-order valence-corrected chi connectivity index (χ4v) is 1.01. The molecule has 2 atom stereocenters. The minimum atomic E-state index is -0.607. The Labute approximate surface area is 79.8 Å². The lowest BCUT2D eigenvalue weighted by atomic mass is 10.1. The SMILES string of the molecule is CNC(=O)C(N)C(C)OC(C)(C)C. The van der Waals surface area contributed by atoms with Crippen LogP contribution in [0.3, 0.4) is 0 Å². The van der Waals surface area contributed by atoms with E-state index in [1.165, 1.54) is 0 Å². The van der Waals surface area contributed by atoms with Crippen molar-refractivity contribution in [2.45, 2.75) is 45.4 Å². The van der Waals surface area contributed by atoms with Gasteiger partial charge in [-0.1, -0.05) is 0 Å². The predicted octanol–water partition coefficient (Wildman–Crippen LogP) is 0.263. The lowest BCUT2D eigenvalue weighted by Crippen LogP contribution is -2.49. The first-order valence-electron chi connectivity index (χ1n) is 4.43. The van der Waals surface area contributed by atoms with Crippen LogP contribution in [-0.4, -0.2) is 30.7 Å². The van der Waals surface area contributed by atoms with Crippen LogP contribution in [0, 0.1) is 0 Å². The van der Waals surface area contributed by atoms with E-state index in [0.29, 0.717) is 0 Å². The number of nitrogens with two attached hydrogens (primary N) is 1. The molecule has 0 aliphatic carbocycles. The quantitative estimate of drug-likeness (QED) is 0.668. The van der Waals surface area contributed by atoms with Crippen LogP contribution in [0.15, 0.2) is 0 Å². The van der Waals surface area contributed by atoms with Crippen LogP contribution in [0.2, 0.25) is 0 Å². The molecule has 0 aliphatic rings. The first-order valence-corrected chi connectivity index (χ1v) is 4.43. The van der Waals surface area contributed by atoms with Gasteiger partial charge >= 0.3 is 0 Å². The van der Waals surface area contributed by atoms with Crippen molar-refractivity contribution in [2.75, 3.05) is 7.05 Å². The molecule has 0 spiro atoms. The molecule has 0 saturated heterocycles. The zero-order chi connectivity index (χ0) is 10.6. The average Bonchev–Trinajstić information content (AvgIpc) is 1.98. The topological polar surface area (TPSA) is 64.4 Å². The lowest BCUT2D eigenvalue weighted by molar-refractivity contribution is -0.128. The zero-order valence-electron chi connectivity index (χ0n) is 9.05. The molecule has 0 rings (SSSR count). The summed E-state index contributed by atoms with van der Waals surface area (Å²) in [6.07, 6.45) is -0.278. The zero-order valence-corrected chi connectivity index (χ0v) is 9.05. The van der Waals surface area contributed by atoms with Gasteiger partial charge in [-0.2, -0.15) is 0 Å². The summed E-state index contributed by atoms with van der Waals surface area (Å²) in [5, 5.41) is 2.49. The van der Waals surface area contributed by atoms with Crippen LogP contribution in [0.25, 0.3) is 0 Å². The molecule has 13 heavy (non-hydrogen) atoms. The largest absolute Gasteiger partial charge is 0.371 e. The van der Waals surface area contributed by atoms with Crippen molar-refractivity contribution in [1.29, 1.82) is 0 Å². The third-order valence-corrected chi connectivity index (χ3v) is 1.59. The second kappa shape index (κ2) is 4.58. The van der Waals surface area contributed by atoms with E-state index >= 15 is 0 Å². The maximum Gasteiger partial charge on any atom is 0.239 e. The third kappa shape index (κ3) is 4.85. The molecule has 0 bridgehead atoms. The molecule has 1 amide bonds. The number of nitrogens with one attached hydrogen (secondary N) is 1. The number of hydrogen-bond acceptors (Lipinski definition) is 3. The van der Waals surface area contributed by atoms with Gasteiger partial charge in [0.05, 0.1) is 11.7 Å². The van der Waals surface area contributed by atoms with Gasteiger partial charge in [-0.05, 0) is 27.7 Å². The van der Waals surface area contributed by atoms with Crippen molar-refractivity contribution < 1.29 is 9.53 Å². The van der Waals surface area contributed by atoms with Gasteiger partial charge < -0.3 is 15.8 Å². The van der Waals surface area contributed by atoms with Crippen molar-refractivity contribution in [3.8, 4) is 0 Å². The van der Waals surface area contributed by atoms with E-state index < -0.39 is 6.04 Å². The minimum Gasteiger partial charge on any atom is -0.371 e. The minimum absolute atomic E-state index is 0.197. The fraction of sp³-hybridized carbons (Fsp3) is 0.889. The van der Waals surface area contributed by atoms with Gasteiger partial charge in [-0.15, -0.1) is 0 Å². The number of hydrogen-bond donors (Lipinski definition) is 2. The summed E-state index contributed by atoms with van der Waals surface area (Å²) in [7, 11) is 1.56. The van der Waals surface area contributed by atoms with Crippen molar-refractivity contribution in [2.24, 2.45) is 5.73 Å². The highest BCUT2D eigenvalue weighted by atomic mass is 16.5. The second-order valence-corrected chi connectivity index (χ2v) is 4.08. The van der Waals surface area contributed by atoms with E-state index in [-0.39, 0.29) is 17.6 Å². The summed E-state index contributed by atoms with van der Waals surface area (Å²) in [4.78, 5) is 11.1. The molecule has 0 heterocycles. The highest BCUT2D eigenvalue weighted by molar-refractivity contribution is 5.81. The monoisotopic (exact) mass is 188 g/mol. The smallest absolute Gasteiger partial charge is 0.239 e. The Balaban J connectivity index is 4.11. The molecule has 4 heteroatoms. The maximum atomic E-state index is 11.1. The Kier molecular flexibility index (Phi) is 4.36. The summed E-state index contributed by atoms with van der Waals surface area (Å²) < 4.78 is 5.54. The van der Waals surface area contributed by atoms with E-state index in [9.17, 15) is 4.79 Å². The van der Waals surface area contributed by atoms with Crippen LogP contribution in [-0.2, 0) is 9.53 Å². The molecule has 0 saturated carbocycles. The van der Waals surface area contributed by atoms with E-state index in [4.69, 9.17) is 10.5 Å². The Hall–Kier alpha value is -0.610. The van der Waals surface area contributed by atoms with Gasteiger partial charge in [0.25, 0.3) is 0 Å². The van der Waals surface area contributed by atoms with Crippen LogP contribution in [0.5, 0.6) is 0 Å². The van der Waals surface area contributed by atoms with Crippen LogP contribution >= 0.6 is 0 Å². The molecule has 0 aromatic rings. The molecule has 0 radical (unpaired) electrons. The maximum absolute atomic E-state index is 11.1. The highest BCUT2D eigenvalue weighted by Gasteiger charge is 2.24.